The minimum absolute atomic E-state index is 0.481. The standard InChI is InChI=1S/C15H17N3/c1-10-3-5-12(6-4-10)14-7-11(2)17-15(18-14)13-8-16-9-13/h3-7,13,16H,8-9H2,1-2H3. The Kier molecular flexibility index (Phi) is 2.84. The number of nitrogens with zero attached hydrogens (tertiary/aromatic N) is 2. The second kappa shape index (κ2) is 4.50. The van der Waals surface area contributed by atoms with E-state index in [1.54, 1.807) is 0 Å². The van der Waals surface area contributed by atoms with Crippen LogP contribution in [-0.2, 0) is 0 Å². The molecule has 18 heavy (non-hydrogen) atoms. The predicted octanol–water partition coefficient (Wildman–Crippen LogP) is 2.45. The van der Waals surface area contributed by atoms with Gasteiger partial charge in [-0.05, 0) is 19.9 Å². The number of rotatable bonds is 2. The lowest BCUT2D eigenvalue weighted by Gasteiger charge is -2.26. The van der Waals surface area contributed by atoms with E-state index in [1.807, 2.05) is 6.92 Å². The number of hydrogen-bond donors (Lipinski definition) is 1. The van der Waals surface area contributed by atoms with Crippen LogP contribution in [0.3, 0.4) is 0 Å². The summed E-state index contributed by atoms with van der Waals surface area (Å²) in [7, 11) is 0. The molecular formula is C15H17N3. The molecule has 1 saturated heterocycles. The second-order valence-electron chi connectivity index (χ2n) is 4.97. The molecule has 1 N–H and O–H groups in total. The summed E-state index contributed by atoms with van der Waals surface area (Å²) < 4.78 is 0. The van der Waals surface area contributed by atoms with Gasteiger partial charge >= 0.3 is 0 Å². The summed E-state index contributed by atoms with van der Waals surface area (Å²) in [5, 5.41) is 3.27. The van der Waals surface area contributed by atoms with Gasteiger partial charge in [-0.1, -0.05) is 29.8 Å². The highest BCUT2D eigenvalue weighted by molar-refractivity contribution is 5.59. The van der Waals surface area contributed by atoms with Crippen molar-refractivity contribution in [2.24, 2.45) is 0 Å². The maximum atomic E-state index is 4.70. The van der Waals surface area contributed by atoms with Gasteiger partial charge in [0.25, 0.3) is 0 Å². The Morgan fingerprint density at radius 2 is 1.78 bits per heavy atom. The molecule has 0 aliphatic carbocycles. The molecule has 1 aliphatic rings. The SMILES string of the molecule is Cc1ccc(-c2cc(C)nc(C3CNC3)n2)cc1. The molecule has 0 saturated carbocycles. The Hall–Kier alpha value is -1.74. The van der Waals surface area contributed by atoms with E-state index in [4.69, 9.17) is 4.98 Å². The van der Waals surface area contributed by atoms with Crippen LogP contribution in [0.5, 0.6) is 0 Å². The van der Waals surface area contributed by atoms with E-state index < -0.39 is 0 Å². The Balaban J connectivity index is 2.00. The minimum Gasteiger partial charge on any atom is -0.315 e. The van der Waals surface area contributed by atoms with Crippen LogP contribution in [0.25, 0.3) is 11.3 Å². The lowest BCUT2D eigenvalue weighted by atomic mass is 10.0. The molecule has 3 rings (SSSR count). The van der Waals surface area contributed by atoms with Crippen LogP contribution in [-0.4, -0.2) is 23.1 Å². The lowest BCUT2D eigenvalue weighted by Crippen LogP contribution is -2.41. The van der Waals surface area contributed by atoms with Gasteiger partial charge in [-0.15, -0.1) is 0 Å². The van der Waals surface area contributed by atoms with E-state index >= 15 is 0 Å². The zero-order valence-electron chi connectivity index (χ0n) is 10.8. The summed E-state index contributed by atoms with van der Waals surface area (Å²) in [5.74, 6) is 1.46. The summed E-state index contributed by atoms with van der Waals surface area (Å²) in [6.45, 7) is 6.13. The quantitative estimate of drug-likeness (QED) is 0.874. The molecule has 0 radical (unpaired) electrons. The van der Waals surface area contributed by atoms with Crippen molar-refractivity contribution in [2.45, 2.75) is 19.8 Å². The fraction of sp³-hybridized carbons (Fsp3) is 0.333. The topological polar surface area (TPSA) is 37.8 Å². The number of hydrogen-bond acceptors (Lipinski definition) is 3. The van der Waals surface area contributed by atoms with Crippen LogP contribution in [0.4, 0.5) is 0 Å². The molecule has 1 aromatic carbocycles. The zero-order chi connectivity index (χ0) is 12.5. The molecule has 1 fully saturated rings. The zero-order valence-corrected chi connectivity index (χ0v) is 10.8. The van der Waals surface area contributed by atoms with Crippen molar-refractivity contribution in [1.29, 1.82) is 0 Å². The van der Waals surface area contributed by atoms with E-state index in [0.29, 0.717) is 5.92 Å². The molecular weight excluding hydrogens is 222 g/mol. The maximum Gasteiger partial charge on any atom is 0.134 e. The van der Waals surface area contributed by atoms with Crippen LogP contribution in [0, 0.1) is 13.8 Å². The third-order valence-electron chi connectivity index (χ3n) is 3.37. The number of aromatic nitrogens is 2. The molecule has 0 bridgehead atoms. The van der Waals surface area contributed by atoms with Crippen LogP contribution in [0.2, 0.25) is 0 Å². The normalized spacial score (nSPS) is 15.4. The summed E-state index contributed by atoms with van der Waals surface area (Å²) in [5.41, 5.74) is 4.51. The van der Waals surface area contributed by atoms with Crippen molar-refractivity contribution in [1.82, 2.24) is 15.3 Å². The number of nitrogens with one attached hydrogen (secondary N) is 1. The molecule has 0 atom stereocenters. The van der Waals surface area contributed by atoms with Crippen molar-refractivity contribution < 1.29 is 0 Å². The van der Waals surface area contributed by atoms with Gasteiger partial charge in [0.1, 0.15) is 5.82 Å². The van der Waals surface area contributed by atoms with Gasteiger partial charge in [0.15, 0.2) is 0 Å². The van der Waals surface area contributed by atoms with Crippen molar-refractivity contribution in [3.05, 3.63) is 47.4 Å². The molecule has 2 heterocycles. The summed E-state index contributed by atoms with van der Waals surface area (Å²) in [4.78, 5) is 9.25. The molecule has 92 valence electrons. The summed E-state index contributed by atoms with van der Waals surface area (Å²) in [6.07, 6.45) is 0. The van der Waals surface area contributed by atoms with Crippen molar-refractivity contribution in [3.8, 4) is 11.3 Å². The largest absolute Gasteiger partial charge is 0.315 e. The average Bonchev–Trinajstić information content (AvgIpc) is 2.26. The third kappa shape index (κ3) is 2.14. The first-order valence-electron chi connectivity index (χ1n) is 6.36. The summed E-state index contributed by atoms with van der Waals surface area (Å²) in [6, 6.07) is 10.6. The molecule has 0 unspecified atom stereocenters. The van der Waals surface area contributed by atoms with Crippen molar-refractivity contribution in [2.75, 3.05) is 13.1 Å². The maximum absolute atomic E-state index is 4.70. The van der Waals surface area contributed by atoms with Gasteiger partial charge < -0.3 is 5.32 Å². The first-order valence-corrected chi connectivity index (χ1v) is 6.36. The Bertz CT molecular complexity index is 556. The first kappa shape index (κ1) is 11.4. The van der Waals surface area contributed by atoms with Gasteiger partial charge in [-0.2, -0.15) is 0 Å². The number of aryl methyl sites for hydroxylation is 2. The molecule has 3 heteroatoms. The molecule has 0 spiro atoms. The fourth-order valence-electron chi connectivity index (χ4n) is 2.12. The van der Waals surface area contributed by atoms with Gasteiger partial charge in [-0.3, -0.25) is 0 Å². The molecule has 1 aromatic heterocycles. The Labute approximate surface area is 107 Å². The highest BCUT2D eigenvalue weighted by atomic mass is 15.0. The molecule has 2 aromatic rings. The Morgan fingerprint density at radius 3 is 2.39 bits per heavy atom. The number of benzene rings is 1. The summed E-state index contributed by atoms with van der Waals surface area (Å²) >= 11 is 0. The van der Waals surface area contributed by atoms with Crippen LogP contribution >= 0.6 is 0 Å². The van der Waals surface area contributed by atoms with Crippen LogP contribution in [0.1, 0.15) is 23.0 Å². The van der Waals surface area contributed by atoms with E-state index in [0.717, 1.165) is 30.3 Å². The van der Waals surface area contributed by atoms with Crippen molar-refractivity contribution >= 4 is 0 Å². The minimum atomic E-state index is 0.481. The third-order valence-corrected chi connectivity index (χ3v) is 3.37. The molecule has 0 amide bonds. The van der Waals surface area contributed by atoms with Gasteiger partial charge in [-0.25, -0.2) is 9.97 Å². The molecule has 3 nitrogen and oxygen atoms in total. The van der Waals surface area contributed by atoms with E-state index in [-0.39, 0.29) is 0 Å². The smallest absolute Gasteiger partial charge is 0.134 e. The second-order valence-corrected chi connectivity index (χ2v) is 4.97. The van der Waals surface area contributed by atoms with Crippen LogP contribution < -0.4 is 5.32 Å². The predicted molar refractivity (Wildman–Crippen MR) is 72.6 cm³/mol. The van der Waals surface area contributed by atoms with Gasteiger partial charge in [0.05, 0.1) is 5.69 Å². The van der Waals surface area contributed by atoms with Gasteiger partial charge in [0, 0.05) is 30.3 Å². The van der Waals surface area contributed by atoms with Crippen molar-refractivity contribution in [3.63, 3.8) is 0 Å². The highest BCUT2D eigenvalue weighted by Crippen LogP contribution is 2.22. The van der Waals surface area contributed by atoms with E-state index in [2.05, 4.69) is 47.6 Å². The monoisotopic (exact) mass is 239 g/mol. The van der Waals surface area contributed by atoms with Gasteiger partial charge in [0.2, 0.25) is 0 Å². The first-order chi connectivity index (χ1) is 8.72. The lowest BCUT2D eigenvalue weighted by molar-refractivity contribution is 0.429. The fourth-order valence-corrected chi connectivity index (χ4v) is 2.12. The average molecular weight is 239 g/mol. The Morgan fingerprint density at radius 1 is 1.06 bits per heavy atom. The van der Waals surface area contributed by atoms with E-state index in [1.165, 1.54) is 11.1 Å². The molecule has 1 aliphatic heterocycles. The van der Waals surface area contributed by atoms with E-state index in [9.17, 15) is 0 Å². The highest BCUT2D eigenvalue weighted by Gasteiger charge is 2.22. The van der Waals surface area contributed by atoms with Crippen LogP contribution in [0.15, 0.2) is 30.3 Å².